The fourth-order valence-electron chi connectivity index (χ4n) is 3.13. The molecular formula is C21H31N3O4S. The molecule has 0 fully saturated rings. The molecular weight excluding hydrogens is 390 g/mol. The lowest BCUT2D eigenvalue weighted by molar-refractivity contribution is 0.0923. The van der Waals surface area contributed by atoms with Crippen LogP contribution in [-0.4, -0.2) is 45.9 Å². The lowest BCUT2D eigenvalue weighted by Crippen LogP contribution is -2.42. The Morgan fingerprint density at radius 2 is 1.93 bits per heavy atom. The van der Waals surface area contributed by atoms with Gasteiger partial charge in [-0.15, -0.1) is 0 Å². The summed E-state index contributed by atoms with van der Waals surface area (Å²) in [6, 6.07) is 7.95. The van der Waals surface area contributed by atoms with E-state index < -0.39 is 10.0 Å². The number of hydrogen-bond donors (Lipinski definition) is 2. The number of hydrogen-bond acceptors (Lipinski definition) is 5. The van der Waals surface area contributed by atoms with E-state index in [1.165, 1.54) is 18.4 Å². The highest BCUT2D eigenvalue weighted by Gasteiger charge is 2.21. The largest absolute Gasteiger partial charge is 0.468 e. The van der Waals surface area contributed by atoms with E-state index >= 15 is 0 Å². The van der Waals surface area contributed by atoms with Crippen LogP contribution < -0.4 is 10.0 Å². The predicted octanol–water partition coefficient (Wildman–Crippen LogP) is 2.77. The Hall–Kier alpha value is -2.16. The Balaban J connectivity index is 2.18. The molecule has 0 aliphatic carbocycles. The zero-order valence-corrected chi connectivity index (χ0v) is 18.5. The molecule has 2 rings (SSSR count). The summed E-state index contributed by atoms with van der Waals surface area (Å²) in [6.07, 6.45) is 2.32. The molecule has 7 nitrogen and oxygen atoms in total. The van der Waals surface area contributed by atoms with Gasteiger partial charge in [-0.2, -0.15) is 0 Å². The number of carbonyl (C=O) groups excluding carboxylic acids is 1. The Morgan fingerprint density at radius 3 is 2.52 bits per heavy atom. The van der Waals surface area contributed by atoms with E-state index in [1.807, 2.05) is 19.0 Å². The second-order valence-corrected chi connectivity index (χ2v) is 9.71. The minimum atomic E-state index is -3.77. The summed E-state index contributed by atoms with van der Waals surface area (Å²) in [6.45, 7) is 6.77. The maximum Gasteiger partial charge on any atom is 0.251 e. The zero-order chi connectivity index (χ0) is 21.6. The molecule has 1 aromatic carbocycles. The van der Waals surface area contributed by atoms with Crippen LogP contribution >= 0.6 is 0 Å². The first-order valence-corrected chi connectivity index (χ1v) is 11.1. The van der Waals surface area contributed by atoms with Crippen molar-refractivity contribution in [3.05, 3.63) is 53.5 Å². The summed E-state index contributed by atoms with van der Waals surface area (Å²) >= 11 is 0. The minimum Gasteiger partial charge on any atom is -0.468 e. The van der Waals surface area contributed by atoms with Gasteiger partial charge in [0, 0.05) is 18.2 Å². The quantitative estimate of drug-likeness (QED) is 0.615. The van der Waals surface area contributed by atoms with Crippen LogP contribution in [-0.2, 0) is 16.6 Å². The molecule has 0 bridgehead atoms. The summed E-state index contributed by atoms with van der Waals surface area (Å²) in [5, 5.41) is 3.06. The standard InChI is InChI=1S/C21H31N3O4S/c1-15(2)11-17(14-24(4)5)23-21(25)20-12-19(9-8-16(20)3)29(26,27)22-13-18-7-6-10-28-18/h6-10,12,15,17,22H,11,13-14H2,1-5H3,(H,23,25)/t17-/m0/s1. The Bertz CT molecular complexity index is 896. The van der Waals surface area contributed by atoms with Gasteiger partial charge in [0.2, 0.25) is 10.0 Å². The maximum atomic E-state index is 12.9. The van der Waals surface area contributed by atoms with Crippen molar-refractivity contribution in [2.75, 3.05) is 20.6 Å². The van der Waals surface area contributed by atoms with Gasteiger partial charge in [0.05, 0.1) is 17.7 Å². The van der Waals surface area contributed by atoms with Crippen molar-refractivity contribution >= 4 is 15.9 Å². The van der Waals surface area contributed by atoms with Crippen LogP contribution in [0.3, 0.4) is 0 Å². The lowest BCUT2D eigenvalue weighted by atomic mass is 10.0. The molecule has 1 amide bonds. The molecule has 0 aliphatic heterocycles. The number of furan rings is 1. The van der Waals surface area contributed by atoms with Crippen molar-refractivity contribution in [1.29, 1.82) is 0 Å². The molecule has 0 saturated carbocycles. The van der Waals surface area contributed by atoms with Gasteiger partial charge in [-0.25, -0.2) is 13.1 Å². The van der Waals surface area contributed by atoms with Crippen molar-refractivity contribution in [1.82, 2.24) is 14.9 Å². The normalized spacial score (nSPS) is 13.1. The van der Waals surface area contributed by atoms with Crippen LogP contribution in [0.1, 0.15) is 41.9 Å². The van der Waals surface area contributed by atoms with Crippen molar-refractivity contribution < 1.29 is 17.6 Å². The summed E-state index contributed by atoms with van der Waals surface area (Å²) in [5.74, 6) is 0.677. The van der Waals surface area contributed by atoms with Crippen molar-refractivity contribution in [3.63, 3.8) is 0 Å². The molecule has 1 heterocycles. The van der Waals surface area contributed by atoms with Crippen molar-refractivity contribution in [3.8, 4) is 0 Å². The molecule has 1 atom stereocenters. The molecule has 0 saturated heterocycles. The number of aryl methyl sites for hydroxylation is 1. The van der Waals surface area contributed by atoms with Crippen molar-refractivity contribution in [2.24, 2.45) is 5.92 Å². The summed E-state index contributed by atoms with van der Waals surface area (Å²) in [5.41, 5.74) is 1.08. The van der Waals surface area contributed by atoms with E-state index in [0.717, 1.165) is 12.0 Å². The second kappa shape index (κ2) is 10.0. The van der Waals surface area contributed by atoms with Gasteiger partial charge in [-0.05, 0) is 63.2 Å². The van der Waals surface area contributed by atoms with E-state index in [9.17, 15) is 13.2 Å². The third kappa shape index (κ3) is 6.99. The first-order valence-electron chi connectivity index (χ1n) is 9.66. The first-order chi connectivity index (χ1) is 13.6. The third-order valence-corrected chi connectivity index (χ3v) is 5.86. The van der Waals surface area contributed by atoms with Crippen molar-refractivity contribution in [2.45, 2.75) is 44.7 Å². The van der Waals surface area contributed by atoms with Crippen LogP contribution in [0, 0.1) is 12.8 Å². The van der Waals surface area contributed by atoms with E-state index in [2.05, 4.69) is 23.9 Å². The van der Waals surface area contributed by atoms with E-state index in [4.69, 9.17) is 4.42 Å². The third-order valence-electron chi connectivity index (χ3n) is 4.46. The first kappa shape index (κ1) is 23.1. The van der Waals surface area contributed by atoms with Gasteiger partial charge in [-0.1, -0.05) is 19.9 Å². The SMILES string of the molecule is Cc1ccc(S(=O)(=O)NCc2ccco2)cc1C(=O)N[C@@H](CC(C)C)CN(C)C. The van der Waals surface area contributed by atoms with E-state index in [-0.39, 0.29) is 23.4 Å². The maximum absolute atomic E-state index is 12.9. The van der Waals surface area contributed by atoms with Crippen LogP contribution in [0.15, 0.2) is 45.9 Å². The fourth-order valence-corrected chi connectivity index (χ4v) is 4.15. The summed E-state index contributed by atoms with van der Waals surface area (Å²) in [4.78, 5) is 15.0. The molecule has 0 aliphatic rings. The molecule has 160 valence electrons. The van der Waals surface area contributed by atoms with Gasteiger partial charge in [0.15, 0.2) is 0 Å². The average molecular weight is 422 g/mol. The average Bonchev–Trinajstić information content (AvgIpc) is 3.12. The highest BCUT2D eigenvalue weighted by Crippen LogP contribution is 2.17. The molecule has 0 unspecified atom stereocenters. The number of likely N-dealkylation sites (N-methyl/N-ethyl adjacent to an activating group) is 1. The smallest absolute Gasteiger partial charge is 0.251 e. The Kier molecular flexibility index (Phi) is 8.01. The predicted molar refractivity (Wildman–Crippen MR) is 113 cm³/mol. The fraction of sp³-hybridized carbons (Fsp3) is 0.476. The highest BCUT2D eigenvalue weighted by molar-refractivity contribution is 7.89. The Morgan fingerprint density at radius 1 is 1.21 bits per heavy atom. The molecule has 0 spiro atoms. The van der Waals surface area contributed by atoms with Crippen LogP contribution in [0.25, 0.3) is 0 Å². The number of carbonyl (C=O) groups is 1. The molecule has 1 aromatic heterocycles. The summed E-state index contributed by atoms with van der Waals surface area (Å²) < 4.78 is 32.9. The van der Waals surface area contributed by atoms with Gasteiger partial charge >= 0.3 is 0 Å². The number of benzene rings is 1. The zero-order valence-electron chi connectivity index (χ0n) is 17.7. The van der Waals surface area contributed by atoms with E-state index in [0.29, 0.717) is 23.8 Å². The number of rotatable bonds is 10. The number of nitrogens with zero attached hydrogens (tertiary/aromatic N) is 1. The van der Waals surface area contributed by atoms with Gasteiger partial charge < -0.3 is 14.6 Å². The van der Waals surface area contributed by atoms with Crippen LogP contribution in [0.2, 0.25) is 0 Å². The number of sulfonamides is 1. The van der Waals surface area contributed by atoms with Crippen LogP contribution in [0.4, 0.5) is 0 Å². The topological polar surface area (TPSA) is 91.6 Å². The molecule has 29 heavy (non-hydrogen) atoms. The highest BCUT2D eigenvalue weighted by atomic mass is 32.2. The van der Waals surface area contributed by atoms with Crippen LogP contribution in [0.5, 0.6) is 0 Å². The monoisotopic (exact) mass is 421 g/mol. The van der Waals surface area contributed by atoms with Gasteiger partial charge in [0.1, 0.15) is 5.76 Å². The molecule has 2 N–H and O–H groups in total. The Labute approximate surface area is 173 Å². The molecule has 2 aromatic rings. The second-order valence-electron chi connectivity index (χ2n) is 7.94. The van der Waals surface area contributed by atoms with Gasteiger partial charge in [-0.3, -0.25) is 4.79 Å². The molecule has 8 heteroatoms. The summed E-state index contributed by atoms with van der Waals surface area (Å²) in [7, 11) is 0.148. The minimum absolute atomic E-state index is 0.0192. The van der Waals surface area contributed by atoms with Gasteiger partial charge in [0.25, 0.3) is 5.91 Å². The van der Waals surface area contributed by atoms with E-state index in [1.54, 1.807) is 25.1 Å². The number of nitrogens with one attached hydrogen (secondary N) is 2. The molecule has 0 radical (unpaired) electrons. The number of amides is 1. The lowest BCUT2D eigenvalue weighted by Gasteiger charge is -2.24.